The predicted octanol–water partition coefficient (Wildman–Crippen LogP) is 1.65. The molecule has 1 atom stereocenters. The zero-order valence-electron chi connectivity index (χ0n) is 9.54. The molecule has 0 radical (unpaired) electrons. The first-order valence-corrected chi connectivity index (χ1v) is 6.64. The molecule has 0 bridgehead atoms. The topological polar surface area (TPSA) is 54.5 Å². The minimum Gasteiger partial charge on any atom is -0.308 e. The third kappa shape index (κ3) is 2.35. The second-order valence-corrected chi connectivity index (χ2v) is 5.74. The first kappa shape index (κ1) is 14.7. The summed E-state index contributed by atoms with van der Waals surface area (Å²) in [5, 5.41) is -1.76. The quantitative estimate of drug-likeness (QED) is 0.361. The van der Waals surface area contributed by atoms with Crippen LogP contribution in [-0.4, -0.2) is 26.1 Å². The summed E-state index contributed by atoms with van der Waals surface area (Å²) in [6.45, 7) is -0.806. The lowest BCUT2D eigenvalue weighted by Gasteiger charge is -2.17. The summed E-state index contributed by atoms with van der Waals surface area (Å²) >= 11 is 0. The summed E-state index contributed by atoms with van der Waals surface area (Å²) in [6, 6.07) is 0.207. The molecule has 20 heavy (non-hydrogen) atoms. The van der Waals surface area contributed by atoms with Gasteiger partial charge in [0.05, 0.1) is 5.69 Å². The van der Waals surface area contributed by atoms with E-state index >= 15 is 0 Å². The van der Waals surface area contributed by atoms with Crippen molar-refractivity contribution in [1.82, 2.24) is 0 Å². The molecular weight excluding hydrogens is 309 g/mol. The molecular formula is C10H6F5NO3S. The van der Waals surface area contributed by atoms with Gasteiger partial charge in [0.15, 0.2) is 23.3 Å². The third-order valence-electron chi connectivity index (χ3n) is 2.86. The molecule has 1 amide bonds. The average molecular weight is 315 g/mol. The zero-order chi connectivity index (χ0) is 15.2. The van der Waals surface area contributed by atoms with Crippen molar-refractivity contribution in [3.05, 3.63) is 29.3 Å². The van der Waals surface area contributed by atoms with Crippen LogP contribution in [0.15, 0.2) is 6.07 Å². The van der Waals surface area contributed by atoms with E-state index in [1.54, 1.807) is 0 Å². The Kier molecular flexibility index (Phi) is 3.44. The molecule has 0 aromatic heterocycles. The van der Waals surface area contributed by atoms with Crippen LogP contribution in [0.25, 0.3) is 0 Å². The van der Waals surface area contributed by atoms with Gasteiger partial charge in [-0.3, -0.25) is 4.79 Å². The first-order valence-electron chi connectivity index (χ1n) is 5.19. The molecule has 1 heterocycles. The van der Waals surface area contributed by atoms with Crippen molar-refractivity contribution in [3.8, 4) is 0 Å². The SMILES string of the molecule is O=C1CC(S(=O)(=O)F)CN1c1cc(F)c(F)c(F)c1F. The van der Waals surface area contributed by atoms with Crippen LogP contribution in [0.5, 0.6) is 0 Å². The van der Waals surface area contributed by atoms with Crippen LogP contribution in [-0.2, 0) is 15.0 Å². The van der Waals surface area contributed by atoms with Gasteiger partial charge in [-0.1, -0.05) is 0 Å². The molecule has 1 unspecified atom stereocenters. The van der Waals surface area contributed by atoms with Gasteiger partial charge in [-0.25, -0.2) is 17.6 Å². The highest BCUT2D eigenvalue weighted by Crippen LogP contribution is 2.31. The van der Waals surface area contributed by atoms with Gasteiger partial charge in [0.25, 0.3) is 0 Å². The van der Waals surface area contributed by atoms with Gasteiger partial charge in [0.2, 0.25) is 5.91 Å². The van der Waals surface area contributed by atoms with E-state index in [9.17, 15) is 34.7 Å². The predicted molar refractivity (Wildman–Crippen MR) is 57.1 cm³/mol. The molecule has 0 spiro atoms. The fourth-order valence-corrected chi connectivity index (χ4v) is 2.52. The second kappa shape index (κ2) is 4.69. The Labute approximate surface area is 110 Å². The van der Waals surface area contributed by atoms with Gasteiger partial charge in [0, 0.05) is 19.0 Å². The number of nitrogens with zero attached hydrogens (tertiary/aromatic N) is 1. The maximum absolute atomic E-state index is 13.5. The fraction of sp³-hybridized carbons (Fsp3) is 0.300. The normalized spacial score (nSPS) is 19.8. The van der Waals surface area contributed by atoms with Crippen molar-refractivity contribution in [1.29, 1.82) is 0 Å². The van der Waals surface area contributed by atoms with Gasteiger partial charge in [-0.05, 0) is 0 Å². The Hall–Kier alpha value is -1.71. The highest BCUT2D eigenvalue weighted by atomic mass is 32.3. The highest BCUT2D eigenvalue weighted by Gasteiger charge is 2.40. The maximum atomic E-state index is 13.5. The fourth-order valence-electron chi connectivity index (χ4n) is 1.85. The molecule has 0 saturated carbocycles. The van der Waals surface area contributed by atoms with Crippen molar-refractivity contribution in [2.24, 2.45) is 0 Å². The summed E-state index contributed by atoms with van der Waals surface area (Å²) in [7, 11) is -5.06. The number of amides is 1. The number of carbonyl (C=O) groups is 1. The van der Waals surface area contributed by atoms with Crippen LogP contribution >= 0.6 is 0 Å². The van der Waals surface area contributed by atoms with Gasteiger partial charge in [-0.15, -0.1) is 3.89 Å². The molecule has 1 fully saturated rings. The van der Waals surface area contributed by atoms with Crippen molar-refractivity contribution in [3.63, 3.8) is 0 Å². The number of anilines is 1. The van der Waals surface area contributed by atoms with E-state index in [0.29, 0.717) is 4.90 Å². The molecule has 0 N–H and O–H groups in total. The van der Waals surface area contributed by atoms with Gasteiger partial charge < -0.3 is 4.90 Å². The smallest absolute Gasteiger partial charge is 0.307 e. The summed E-state index contributed by atoms with van der Waals surface area (Å²) in [4.78, 5) is 11.8. The summed E-state index contributed by atoms with van der Waals surface area (Å²) in [5.74, 6) is -8.85. The molecule has 110 valence electrons. The lowest BCUT2D eigenvalue weighted by Crippen LogP contribution is -2.28. The Morgan fingerprint density at radius 2 is 1.70 bits per heavy atom. The monoisotopic (exact) mass is 315 g/mol. The Morgan fingerprint density at radius 1 is 1.10 bits per heavy atom. The van der Waals surface area contributed by atoms with Gasteiger partial charge in [-0.2, -0.15) is 8.42 Å². The van der Waals surface area contributed by atoms with E-state index in [1.807, 2.05) is 0 Å². The zero-order valence-corrected chi connectivity index (χ0v) is 10.4. The Balaban J connectivity index is 2.46. The van der Waals surface area contributed by atoms with Gasteiger partial charge in [0.1, 0.15) is 5.25 Å². The number of rotatable bonds is 2. The molecule has 1 aliphatic heterocycles. The number of halogens is 5. The van der Waals surface area contributed by atoms with Crippen LogP contribution < -0.4 is 4.90 Å². The van der Waals surface area contributed by atoms with E-state index in [0.717, 1.165) is 0 Å². The molecule has 1 aromatic rings. The van der Waals surface area contributed by atoms with E-state index in [-0.39, 0.29) is 6.07 Å². The van der Waals surface area contributed by atoms with Crippen molar-refractivity contribution in [2.45, 2.75) is 11.7 Å². The van der Waals surface area contributed by atoms with E-state index in [1.165, 1.54) is 0 Å². The molecule has 4 nitrogen and oxygen atoms in total. The van der Waals surface area contributed by atoms with Crippen LogP contribution in [0.1, 0.15) is 6.42 Å². The van der Waals surface area contributed by atoms with Crippen molar-refractivity contribution < 1.29 is 34.7 Å². The maximum Gasteiger partial charge on any atom is 0.307 e. The number of carbonyl (C=O) groups excluding carboxylic acids is 1. The number of hydrogen-bond acceptors (Lipinski definition) is 3. The molecule has 10 heteroatoms. The second-order valence-electron chi connectivity index (χ2n) is 4.13. The molecule has 1 aliphatic rings. The third-order valence-corrected chi connectivity index (χ3v) is 3.97. The van der Waals surface area contributed by atoms with Crippen LogP contribution in [0.3, 0.4) is 0 Å². The Morgan fingerprint density at radius 3 is 2.20 bits per heavy atom. The minimum absolute atomic E-state index is 0.207. The van der Waals surface area contributed by atoms with Crippen molar-refractivity contribution in [2.75, 3.05) is 11.4 Å². The average Bonchev–Trinajstić information content (AvgIpc) is 2.73. The van der Waals surface area contributed by atoms with E-state index in [4.69, 9.17) is 0 Å². The highest BCUT2D eigenvalue weighted by molar-refractivity contribution is 7.87. The van der Waals surface area contributed by atoms with Crippen LogP contribution in [0, 0.1) is 23.3 Å². The minimum atomic E-state index is -5.06. The van der Waals surface area contributed by atoms with Crippen LogP contribution in [0.4, 0.5) is 27.1 Å². The standard InChI is InChI=1S/C10H6F5NO3S/c11-5-2-6(9(13)10(14)8(5)12)16-3-4(1-7(16)17)20(15,18)19/h2,4H,1,3H2. The number of hydrogen-bond donors (Lipinski definition) is 0. The van der Waals surface area contributed by atoms with E-state index in [2.05, 4.69) is 0 Å². The summed E-state index contributed by atoms with van der Waals surface area (Å²) < 4.78 is 86.4. The van der Waals surface area contributed by atoms with Crippen molar-refractivity contribution >= 4 is 21.8 Å². The molecule has 2 rings (SSSR count). The summed E-state index contributed by atoms with van der Waals surface area (Å²) in [6.07, 6.45) is -0.793. The molecule has 1 aromatic carbocycles. The molecule has 1 saturated heterocycles. The Bertz CT molecular complexity index is 691. The summed E-state index contributed by atoms with van der Waals surface area (Å²) in [5.41, 5.74) is -0.974. The molecule has 0 aliphatic carbocycles. The number of benzene rings is 1. The van der Waals surface area contributed by atoms with E-state index < -0.39 is 63.3 Å². The lowest BCUT2D eigenvalue weighted by molar-refractivity contribution is -0.117. The first-order chi connectivity index (χ1) is 9.12. The van der Waals surface area contributed by atoms with Gasteiger partial charge >= 0.3 is 10.2 Å². The van der Waals surface area contributed by atoms with Crippen LogP contribution in [0.2, 0.25) is 0 Å². The largest absolute Gasteiger partial charge is 0.308 e. The lowest BCUT2D eigenvalue weighted by atomic mass is 10.2.